The fourth-order valence-corrected chi connectivity index (χ4v) is 6.35. The third kappa shape index (κ3) is 8.68. The fourth-order valence-electron chi connectivity index (χ4n) is 3.21. The molecule has 2 aromatic carbocycles. The van der Waals surface area contributed by atoms with Gasteiger partial charge in [0.2, 0.25) is 17.4 Å². The molecule has 0 aromatic heterocycles. The van der Waals surface area contributed by atoms with Crippen molar-refractivity contribution in [3.8, 4) is 0 Å². The van der Waals surface area contributed by atoms with Crippen molar-refractivity contribution in [2.45, 2.75) is 19.4 Å². The average Bonchev–Trinajstić information content (AvgIpc) is 2.75. The number of sulfonamides is 1. The predicted molar refractivity (Wildman–Crippen MR) is 126 cm³/mol. The molecule has 0 saturated heterocycles. The van der Waals surface area contributed by atoms with E-state index in [9.17, 15) is 27.8 Å². The molecular weight excluding hydrogens is 451 g/mol. The number of hydrogen-bond donors (Lipinski definition) is 4. The number of carbonyl (C=O) groups is 1. The van der Waals surface area contributed by atoms with Crippen LogP contribution in [0.2, 0.25) is 0 Å². The fraction of sp³-hybridized carbons (Fsp3) is 0.318. The molecule has 32 heavy (non-hydrogen) atoms. The Balaban J connectivity index is 1.98. The molecule has 8 nitrogen and oxygen atoms in total. The summed E-state index contributed by atoms with van der Waals surface area (Å²) in [5, 5.41) is 10.6. The maximum atomic E-state index is 12.8. The van der Waals surface area contributed by atoms with E-state index in [1.165, 1.54) is 6.08 Å². The molecule has 0 fully saturated rings. The second-order valence-electron chi connectivity index (χ2n) is 7.76. The van der Waals surface area contributed by atoms with Crippen molar-refractivity contribution in [3.05, 3.63) is 76.7 Å². The van der Waals surface area contributed by atoms with E-state index in [0.717, 1.165) is 16.5 Å². The van der Waals surface area contributed by atoms with Crippen LogP contribution in [0, 0.1) is 5.92 Å². The Labute approximate surface area is 188 Å². The van der Waals surface area contributed by atoms with Crippen molar-refractivity contribution in [3.63, 3.8) is 0 Å². The highest BCUT2D eigenvalue weighted by Gasteiger charge is 2.31. The molecule has 174 valence electrons. The van der Waals surface area contributed by atoms with Crippen molar-refractivity contribution in [2.75, 3.05) is 18.9 Å². The normalized spacial score (nSPS) is 15.8. The molecule has 0 radical (unpaired) electrons. The summed E-state index contributed by atoms with van der Waals surface area (Å²) in [6.07, 6.45) is 0.802. The van der Waals surface area contributed by atoms with Crippen LogP contribution < -0.4 is 10.5 Å². The number of benzene rings is 2. The van der Waals surface area contributed by atoms with Crippen LogP contribution in [0.1, 0.15) is 29.5 Å². The molecule has 0 amide bonds. The first kappa shape index (κ1) is 26.0. The van der Waals surface area contributed by atoms with Crippen molar-refractivity contribution in [1.29, 1.82) is 0 Å². The van der Waals surface area contributed by atoms with Crippen molar-refractivity contribution < 1.29 is 27.8 Å². The summed E-state index contributed by atoms with van der Waals surface area (Å²) in [7, 11) is -7.58. The maximum Gasteiger partial charge on any atom is 0.311 e. The predicted octanol–water partition coefficient (Wildman–Crippen LogP) is 2.81. The Kier molecular flexibility index (Phi) is 9.36. The molecule has 0 spiro atoms. The van der Waals surface area contributed by atoms with Gasteiger partial charge in [0.05, 0.1) is 5.92 Å². The van der Waals surface area contributed by atoms with Gasteiger partial charge in [-0.05, 0) is 28.7 Å². The summed E-state index contributed by atoms with van der Waals surface area (Å²) < 4.78 is 39.5. The van der Waals surface area contributed by atoms with Gasteiger partial charge in [-0.15, -0.1) is 0 Å². The summed E-state index contributed by atoms with van der Waals surface area (Å²) in [6, 6.07) is 15.6. The van der Waals surface area contributed by atoms with Crippen molar-refractivity contribution in [2.24, 2.45) is 11.7 Å². The molecular formula is C22H29N2O6PS. The van der Waals surface area contributed by atoms with Gasteiger partial charge in [-0.1, -0.05) is 61.5 Å². The molecule has 2 rings (SSSR count). The zero-order valence-corrected chi connectivity index (χ0v) is 19.5. The number of carboxylic acid groups (broad SMARTS) is 1. The number of nitrogens with one attached hydrogen (secondary N) is 1. The number of carboxylic acids is 1. The average molecular weight is 481 g/mol. The summed E-state index contributed by atoms with van der Waals surface area (Å²) >= 11 is 0. The largest absolute Gasteiger partial charge is 0.481 e. The Hall–Kier alpha value is -2.29. The van der Waals surface area contributed by atoms with Gasteiger partial charge in [-0.2, -0.15) is 0 Å². The van der Waals surface area contributed by atoms with Gasteiger partial charge in [-0.25, -0.2) is 13.1 Å². The SMILES string of the molecule is CC(CNS(=O)(=O)C=Cc1ccccc1)CP(=O)(O)CC(C(=O)O)c1cccc(CN)c1. The lowest BCUT2D eigenvalue weighted by Gasteiger charge is -2.21. The van der Waals surface area contributed by atoms with E-state index >= 15 is 0 Å². The quantitative estimate of drug-likeness (QED) is 0.342. The number of rotatable bonds is 12. The molecule has 2 aromatic rings. The van der Waals surface area contributed by atoms with Crippen LogP contribution in [-0.2, 0) is 25.9 Å². The highest BCUT2D eigenvalue weighted by Crippen LogP contribution is 2.46. The molecule has 10 heteroatoms. The second kappa shape index (κ2) is 11.5. The highest BCUT2D eigenvalue weighted by molar-refractivity contribution is 7.92. The second-order valence-corrected chi connectivity index (χ2v) is 11.8. The van der Waals surface area contributed by atoms with E-state index in [2.05, 4.69) is 4.72 Å². The van der Waals surface area contributed by atoms with E-state index in [4.69, 9.17) is 5.73 Å². The van der Waals surface area contributed by atoms with Gasteiger partial charge in [-0.3, -0.25) is 9.36 Å². The van der Waals surface area contributed by atoms with Gasteiger partial charge in [0.25, 0.3) is 0 Å². The smallest absolute Gasteiger partial charge is 0.311 e. The van der Waals surface area contributed by atoms with Crippen LogP contribution in [0.3, 0.4) is 0 Å². The molecule has 0 aliphatic rings. The van der Waals surface area contributed by atoms with Crippen LogP contribution in [0.4, 0.5) is 0 Å². The van der Waals surface area contributed by atoms with E-state index < -0.39 is 41.4 Å². The lowest BCUT2D eigenvalue weighted by molar-refractivity contribution is -0.138. The van der Waals surface area contributed by atoms with Crippen molar-refractivity contribution >= 4 is 29.4 Å². The van der Waals surface area contributed by atoms with Gasteiger partial charge >= 0.3 is 5.97 Å². The lowest BCUT2D eigenvalue weighted by Crippen LogP contribution is -2.28. The van der Waals surface area contributed by atoms with Gasteiger partial charge in [0, 0.05) is 30.8 Å². The van der Waals surface area contributed by atoms with Crippen LogP contribution in [-0.4, -0.2) is 43.3 Å². The number of nitrogens with two attached hydrogens (primary N) is 1. The standard InChI is InChI=1S/C22H29N2O6PS/c1-17(14-24-32(29,30)11-10-18-6-3-2-4-7-18)15-31(27,28)16-21(22(25)26)20-9-5-8-19(12-20)13-23/h2-12,17,21,24H,13-16,23H2,1H3,(H,25,26)(H,27,28). The van der Waals surface area contributed by atoms with E-state index in [0.29, 0.717) is 5.56 Å². The third-order valence-electron chi connectivity index (χ3n) is 4.82. The summed E-state index contributed by atoms with van der Waals surface area (Å²) in [5.41, 5.74) is 7.47. The van der Waals surface area contributed by atoms with Gasteiger partial charge < -0.3 is 15.7 Å². The van der Waals surface area contributed by atoms with Gasteiger partial charge in [0.1, 0.15) is 0 Å². The maximum absolute atomic E-state index is 12.8. The minimum Gasteiger partial charge on any atom is -0.481 e. The van der Waals surface area contributed by atoms with Crippen LogP contribution in [0.5, 0.6) is 0 Å². The topological polar surface area (TPSA) is 147 Å². The van der Waals surface area contributed by atoms with Gasteiger partial charge in [0.15, 0.2) is 0 Å². The van der Waals surface area contributed by atoms with Crippen LogP contribution >= 0.6 is 7.37 Å². The molecule has 0 heterocycles. The number of hydrogen-bond acceptors (Lipinski definition) is 5. The third-order valence-corrected chi connectivity index (χ3v) is 8.02. The zero-order valence-electron chi connectivity index (χ0n) is 17.8. The van der Waals surface area contributed by atoms with E-state index in [1.54, 1.807) is 55.5 Å². The van der Waals surface area contributed by atoms with E-state index in [-0.39, 0.29) is 19.3 Å². The first-order valence-electron chi connectivity index (χ1n) is 10.1. The Morgan fingerprint density at radius 1 is 1.16 bits per heavy atom. The molecule has 0 aliphatic heterocycles. The Morgan fingerprint density at radius 3 is 2.47 bits per heavy atom. The molecule has 3 unspecified atom stereocenters. The summed E-state index contributed by atoms with van der Waals surface area (Å²) in [6.45, 7) is 1.82. The molecule has 5 N–H and O–H groups in total. The minimum absolute atomic E-state index is 0.0492. The zero-order chi connectivity index (χ0) is 23.8. The first-order chi connectivity index (χ1) is 15.0. The van der Waals surface area contributed by atoms with Crippen LogP contribution in [0.25, 0.3) is 6.08 Å². The molecule has 3 atom stereocenters. The summed E-state index contributed by atoms with van der Waals surface area (Å²) in [5.74, 6) is -2.83. The first-order valence-corrected chi connectivity index (χ1v) is 13.6. The molecule has 0 aliphatic carbocycles. The Bertz CT molecular complexity index is 1090. The van der Waals surface area contributed by atoms with Crippen molar-refractivity contribution in [1.82, 2.24) is 4.72 Å². The molecule has 0 saturated carbocycles. The highest BCUT2D eigenvalue weighted by atomic mass is 32.2. The lowest BCUT2D eigenvalue weighted by atomic mass is 9.99. The molecule has 0 bridgehead atoms. The monoisotopic (exact) mass is 480 g/mol. The summed E-state index contributed by atoms with van der Waals surface area (Å²) in [4.78, 5) is 22.2. The number of aliphatic carboxylic acids is 1. The Morgan fingerprint density at radius 2 is 1.84 bits per heavy atom. The van der Waals surface area contributed by atoms with Crippen LogP contribution in [0.15, 0.2) is 60.0 Å². The minimum atomic E-state index is -3.86. The van der Waals surface area contributed by atoms with E-state index in [1.807, 2.05) is 6.07 Å².